The van der Waals surface area contributed by atoms with Crippen molar-refractivity contribution < 1.29 is 23.9 Å². The minimum atomic E-state index is -0.936. The van der Waals surface area contributed by atoms with Crippen LogP contribution in [0.5, 0.6) is 0 Å². The van der Waals surface area contributed by atoms with Gasteiger partial charge in [-0.3, -0.25) is 19.5 Å². The van der Waals surface area contributed by atoms with Gasteiger partial charge in [0.15, 0.2) is 5.96 Å². The van der Waals surface area contributed by atoms with Gasteiger partial charge in [-0.15, -0.1) is 0 Å². The normalized spacial score (nSPS) is 17.7. The predicted octanol–water partition coefficient (Wildman–Crippen LogP) is -0.156. The van der Waals surface area contributed by atoms with E-state index in [1.165, 1.54) is 9.80 Å². The summed E-state index contributed by atoms with van der Waals surface area (Å²) in [5.41, 5.74) is 17.1. The molecule has 1 saturated heterocycles. The van der Waals surface area contributed by atoms with Crippen LogP contribution in [0.4, 0.5) is 9.59 Å². The molecular weight excluding hydrogens is 480 g/mol. The van der Waals surface area contributed by atoms with E-state index in [2.05, 4.69) is 15.6 Å². The lowest BCUT2D eigenvalue weighted by Crippen LogP contribution is -2.53. The largest absolute Gasteiger partial charge is 0.445 e. The molecule has 13 heteroatoms. The summed E-state index contributed by atoms with van der Waals surface area (Å²) >= 11 is 0. The third-order valence-electron chi connectivity index (χ3n) is 5.69. The van der Waals surface area contributed by atoms with Crippen LogP contribution in [-0.4, -0.2) is 85.0 Å². The summed E-state index contributed by atoms with van der Waals surface area (Å²) in [7, 11) is 0. The van der Waals surface area contributed by atoms with Crippen LogP contribution in [0.25, 0.3) is 0 Å². The molecule has 1 fully saturated rings. The summed E-state index contributed by atoms with van der Waals surface area (Å²) in [6.07, 6.45) is 1.45. The number of amides is 5. The summed E-state index contributed by atoms with van der Waals surface area (Å²) in [5, 5.41) is 5.49. The standard InChI is InChI=1S/C24H38N8O5/c25-20(33)16-31-14-5-4-11-29-23(35)30-13-7-15-32(19(21(31)34)10-6-12-28-22(26)27)24(36)37-17-18-8-2-1-3-9-18/h1-3,8-9,19H,4-7,10-17H2,(H2,25,33)(H4,26,27,28)(H2,29,30,35)/t19-/m0/s1. The van der Waals surface area contributed by atoms with Crippen LogP contribution >= 0.6 is 0 Å². The van der Waals surface area contributed by atoms with Crippen LogP contribution in [0, 0.1) is 0 Å². The average Bonchev–Trinajstić information content (AvgIpc) is 2.86. The maximum absolute atomic E-state index is 13.7. The molecular formula is C24H38N8O5. The molecule has 1 heterocycles. The number of primary amides is 1. The number of hydrogen-bond acceptors (Lipinski definition) is 6. The number of carbonyl (C=O) groups is 4. The maximum atomic E-state index is 13.7. The van der Waals surface area contributed by atoms with E-state index in [1.54, 1.807) is 0 Å². The van der Waals surface area contributed by atoms with Crippen molar-refractivity contribution in [2.45, 2.75) is 44.8 Å². The molecule has 0 saturated carbocycles. The fourth-order valence-corrected chi connectivity index (χ4v) is 3.89. The van der Waals surface area contributed by atoms with E-state index in [0.717, 1.165) is 5.56 Å². The predicted molar refractivity (Wildman–Crippen MR) is 138 cm³/mol. The Bertz CT molecular complexity index is 923. The van der Waals surface area contributed by atoms with Crippen LogP contribution < -0.4 is 27.8 Å². The van der Waals surface area contributed by atoms with Crippen molar-refractivity contribution in [1.82, 2.24) is 20.4 Å². The third kappa shape index (κ3) is 11.1. The molecule has 37 heavy (non-hydrogen) atoms. The van der Waals surface area contributed by atoms with Crippen molar-refractivity contribution in [1.29, 1.82) is 0 Å². The molecule has 8 N–H and O–H groups in total. The van der Waals surface area contributed by atoms with Crippen LogP contribution in [0.1, 0.15) is 37.7 Å². The van der Waals surface area contributed by atoms with Gasteiger partial charge in [0.05, 0.1) is 6.54 Å². The first-order valence-corrected chi connectivity index (χ1v) is 12.4. The highest BCUT2D eigenvalue weighted by molar-refractivity contribution is 5.89. The molecule has 1 aromatic rings. The second-order valence-corrected chi connectivity index (χ2v) is 8.67. The van der Waals surface area contributed by atoms with E-state index in [1.807, 2.05) is 30.3 Å². The number of hydrogen-bond donors (Lipinski definition) is 5. The first kappa shape index (κ1) is 29.2. The van der Waals surface area contributed by atoms with Gasteiger partial charge >= 0.3 is 12.1 Å². The molecule has 1 aromatic carbocycles. The lowest BCUT2D eigenvalue weighted by molar-refractivity contribution is -0.140. The van der Waals surface area contributed by atoms with Gasteiger partial charge in [0.2, 0.25) is 11.8 Å². The second kappa shape index (κ2) is 15.9. The van der Waals surface area contributed by atoms with Gasteiger partial charge in [0.1, 0.15) is 12.6 Å². The third-order valence-corrected chi connectivity index (χ3v) is 5.69. The van der Waals surface area contributed by atoms with Crippen molar-refractivity contribution in [3.63, 3.8) is 0 Å². The Balaban J connectivity index is 2.31. The fraction of sp³-hybridized carbons (Fsp3) is 0.542. The molecule has 204 valence electrons. The highest BCUT2D eigenvalue weighted by Gasteiger charge is 2.34. The molecule has 0 aromatic heterocycles. The number of aliphatic imine (C=N–C) groups is 1. The Kier molecular flexibility index (Phi) is 12.5. The number of nitrogens with one attached hydrogen (secondary N) is 2. The summed E-state index contributed by atoms with van der Waals surface area (Å²) in [4.78, 5) is 57.4. The molecule has 5 amide bonds. The average molecular weight is 519 g/mol. The molecule has 0 bridgehead atoms. The van der Waals surface area contributed by atoms with E-state index < -0.39 is 23.9 Å². The minimum absolute atomic E-state index is 0.0245. The maximum Gasteiger partial charge on any atom is 0.410 e. The number of nitrogens with two attached hydrogens (primary N) is 3. The molecule has 2 rings (SSSR count). The summed E-state index contributed by atoms with van der Waals surface area (Å²) in [5.74, 6) is -1.14. The van der Waals surface area contributed by atoms with Gasteiger partial charge in [-0.1, -0.05) is 30.3 Å². The Labute approximate surface area is 216 Å². The Morgan fingerprint density at radius 3 is 2.38 bits per heavy atom. The van der Waals surface area contributed by atoms with Crippen LogP contribution in [0.3, 0.4) is 0 Å². The number of carbonyl (C=O) groups excluding carboxylic acids is 4. The van der Waals surface area contributed by atoms with Gasteiger partial charge in [-0.25, -0.2) is 9.59 Å². The topological polar surface area (TPSA) is 198 Å². The number of urea groups is 1. The zero-order valence-electron chi connectivity index (χ0n) is 21.1. The number of rotatable bonds is 8. The second-order valence-electron chi connectivity index (χ2n) is 8.67. The zero-order chi connectivity index (χ0) is 27.0. The number of benzene rings is 1. The Morgan fingerprint density at radius 1 is 1.00 bits per heavy atom. The van der Waals surface area contributed by atoms with Crippen LogP contribution in [0.2, 0.25) is 0 Å². The Morgan fingerprint density at radius 2 is 1.70 bits per heavy atom. The van der Waals surface area contributed by atoms with E-state index in [4.69, 9.17) is 21.9 Å². The van der Waals surface area contributed by atoms with Crippen molar-refractivity contribution in [2.75, 3.05) is 39.3 Å². The summed E-state index contributed by atoms with van der Waals surface area (Å²) in [6.45, 7) is 1.08. The van der Waals surface area contributed by atoms with E-state index in [-0.39, 0.29) is 57.7 Å². The van der Waals surface area contributed by atoms with E-state index >= 15 is 0 Å². The SMILES string of the molecule is NC(=O)CN1CCCCNC(=O)NCCCN(C(=O)OCc2ccccc2)[C@@H](CCCN=C(N)N)C1=O. The first-order chi connectivity index (χ1) is 17.8. The molecule has 1 aliphatic rings. The molecule has 0 aliphatic carbocycles. The zero-order valence-corrected chi connectivity index (χ0v) is 21.1. The van der Waals surface area contributed by atoms with Gasteiger partial charge in [0, 0.05) is 32.7 Å². The molecule has 1 atom stereocenters. The fourth-order valence-electron chi connectivity index (χ4n) is 3.89. The van der Waals surface area contributed by atoms with E-state index in [9.17, 15) is 19.2 Å². The van der Waals surface area contributed by atoms with Crippen LogP contribution in [0.15, 0.2) is 35.3 Å². The van der Waals surface area contributed by atoms with Gasteiger partial charge < -0.3 is 37.5 Å². The first-order valence-electron chi connectivity index (χ1n) is 12.4. The van der Waals surface area contributed by atoms with Crippen molar-refractivity contribution >= 4 is 29.9 Å². The monoisotopic (exact) mass is 518 g/mol. The molecule has 1 aliphatic heterocycles. The molecule has 0 spiro atoms. The van der Waals surface area contributed by atoms with Gasteiger partial charge in [0.25, 0.3) is 0 Å². The lowest BCUT2D eigenvalue weighted by atomic mass is 10.1. The highest BCUT2D eigenvalue weighted by Crippen LogP contribution is 2.16. The van der Waals surface area contributed by atoms with Crippen molar-refractivity contribution in [2.24, 2.45) is 22.2 Å². The smallest absolute Gasteiger partial charge is 0.410 e. The van der Waals surface area contributed by atoms with Crippen molar-refractivity contribution in [3.05, 3.63) is 35.9 Å². The summed E-state index contributed by atoms with van der Waals surface area (Å²) in [6, 6.07) is 7.92. The highest BCUT2D eigenvalue weighted by atomic mass is 16.6. The van der Waals surface area contributed by atoms with E-state index in [0.29, 0.717) is 32.2 Å². The quantitative estimate of drug-likeness (QED) is 0.179. The Hall–Kier alpha value is -4.03. The van der Waals surface area contributed by atoms with Gasteiger partial charge in [-0.2, -0.15) is 0 Å². The molecule has 0 radical (unpaired) electrons. The van der Waals surface area contributed by atoms with Crippen molar-refractivity contribution in [3.8, 4) is 0 Å². The lowest BCUT2D eigenvalue weighted by Gasteiger charge is -2.34. The van der Waals surface area contributed by atoms with Crippen LogP contribution in [-0.2, 0) is 20.9 Å². The molecule has 13 nitrogen and oxygen atoms in total. The number of guanidine groups is 1. The number of ether oxygens (including phenoxy) is 1. The van der Waals surface area contributed by atoms with Gasteiger partial charge in [-0.05, 0) is 37.7 Å². The molecule has 0 unspecified atom stereocenters. The summed E-state index contributed by atoms with van der Waals surface area (Å²) < 4.78 is 5.55. The minimum Gasteiger partial charge on any atom is -0.445 e. The number of nitrogens with zero attached hydrogens (tertiary/aromatic N) is 3.